The molecule has 2 N–H and O–H groups in total. The topological polar surface area (TPSA) is 49.4 Å². The van der Waals surface area contributed by atoms with E-state index in [1.807, 2.05) is 19.3 Å². The van der Waals surface area contributed by atoms with Crippen LogP contribution in [0.25, 0.3) is 10.9 Å². The fourth-order valence-corrected chi connectivity index (χ4v) is 2.25. The highest BCUT2D eigenvalue weighted by Gasteiger charge is 2.21. The Kier molecular flexibility index (Phi) is 2.04. The smallest absolute Gasteiger partial charge is 0.231 e. The van der Waals surface area contributed by atoms with Gasteiger partial charge >= 0.3 is 0 Å². The molecule has 0 radical (unpaired) electrons. The first-order chi connectivity index (χ1) is 7.81. The van der Waals surface area contributed by atoms with Gasteiger partial charge in [0.05, 0.1) is 5.52 Å². The molecule has 0 amide bonds. The molecule has 1 aromatic heterocycles. The lowest BCUT2D eigenvalue weighted by Gasteiger charge is -2.07. The number of nitrogens with two attached hydrogens (primary N) is 1. The molecule has 2 aromatic rings. The molecule has 1 aliphatic heterocycles. The standard InChI is InChI=1S/C12H14N2O2/c1-14-5-3-8-9(2-4-13)12-11(6-10(8)14)15-7-16-12/h3,5-6H,2,4,7,13H2,1H3. The van der Waals surface area contributed by atoms with Crippen LogP contribution in [0.4, 0.5) is 0 Å². The number of rotatable bonds is 2. The zero-order chi connectivity index (χ0) is 11.1. The largest absolute Gasteiger partial charge is 0.454 e. The lowest BCUT2D eigenvalue weighted by molar-refractivity contribution is 0.173. The van der Waals surface area contributed by atoms with Gasteiger partial charge in [-0.2, -0.15) is 0 Å². The molecular formula is C12H14N2O2. The van der Waals surface area contributed by atoms with E-state index in [1.54, 1.807) is 0 Å². The molecule has 0 saturated carbocycles. The maximum absolute atomic E-state index is 5.65. The molecule has 2 heterocycles. The predicted octanol–water partition coefficient (Wildman–Crippen LogP) is 1.41. The first kappa shape index (κ1) is 9.54. The summed E-state index contributed by atoms with van der Waals surface area (Å²) in [5, 5.41) is 1.21. The van der Waals surface area contributed by atoms with Crippen molar-refractivity contribution >= 4 is 10.9 Å². The van der Waals surface area contributed by atoms with Gasteiger partial charge in [0.1, 0.15) is 0 Å². The van der Waals surface area contributed by atoms with Gasteiger partial charge in [-0.1, -0.05) is 0 Å². The zero-order valence-corrected chi connectivity index (χ0v) is 9.19. The number of aromatic nitrogens is 1. The molecule has 0 spiro atoms. The van der Waals surface area contributed by atoms with Gasteiger partial charge in [0, 0.05) is 30.3 Å². The molecule has 0 bridgehead atoms. The molecule has 84 valence electrons. The summed E-state index contributed by atoms with van der Waals surface area (Å²) in [5.41, 5.74) is 7.97. The zero-order valence-electron chi connectivity index (χ0n) is 9.19. The van der Waals surface area contributed by atoms with Crippen molar-refractivity contribution in [1.29, 1.82) is 0 Å². The predicted molar refractivity (Wildman–Crippen MR) is 61.8 cm³/mol. The average molecular weight is 218 g/mol. The normalized spacial score (nSPS) is 13.6. The summed E-state index contributed by atoms with van der Waals surface area (Å²) < 4.78 is 13.0. The number of aryl methyl sites for hydroxylation is 1. The minimum atomic E-state index is 0.309. The molecule has 0 saturated heterocycles. The van der Waals surface area contributed by atoms with E-state index in [0.717, 1.165) is 29.0 Å². The molecule has 0 fully saturated rings. The second-order valence-electron chi connectivity index (χ2n) is 3.99. The third-order valence-corrected chi connectivity index (χ3v) is 3.02. The minimum Gasteiger partial charge on any atom is -0.454 e. The van der Waals surface area contributed by atoms with Crippen molar-refractivity contribution in [2.24, 2.45) is 12.8 Å². The SMILES string of the molecule is Cn1ccc2c(CCN)c3c(cc21)OCO3. The number of fused-ring (bicyclic) bond motifs is 2. The molecule has 0 atom stereocenters. The molecule has 3 rings (SSSR count). The van der Waals surface area contributed by atoms with Crippen LogP contribution < -0.4 is 15.2 Å². The van der Waals surface area contributed by atoms with Crippen molar-refractivity contribution in [3.05, 3.63) is 23.9 Å². The van der Waals surface area contributed by atoms with E-state index < -0.39 is 0 Å². The molecule has 1 aliphatic rings. The Morgan fingerprint density at radius 2 is 2.31 bits per heavy atom. The maximum atomic E-state index is 5.65. The Balaban J connectivity index is 2.32. The fraction of sp³-hybridized carbons (Fsp3) is 0.333. The van der Waals surface area contributed by atoms with Crippen molar-refractivity contribution in [1.82, 2.24) is 4.57 Å². The quantitative estimate of drug-likeness (QED) is 0.829. The van der Waals surface area contributed by atoms with Crippen LogP contribution in [0.5, 0.6) is 11.5 Å². The number of nitrogens with zero attached hydrogens (tertiary/aromatic N) is 1. The second-order valence-corrected chi connectivity index (χ2v) is 3.99. The highest BCUT2D eigenvalue weighted by atomic mass is 16.7. The van der Waals surface area contributed by atoms with Gasteiger partial charge in [0.2, 0.25) is 6.79 Å². The van der Waals surface area contributed by atoms with Crippen molar-refractivity contribution < 1.29 is 9.47 Å². The average Bonchev–Trinajstić information content (AvgIpc) is 2.87. The summed E-state index contributed by atoms with van der Waals surface area (Å²) >= 11 is 0. The molecule has 4 nitrogen and oxygen atoms in total. The van der Waals surface area contributed by atoms with Crippen LogP contribution in [0.1, 0.15) is 5.56 Å². The lowest BCUT2D eigenvalue weighted by Crippen LogP contribution is -2.04. The summed E-state index contributed by atoms with van der Waals surface area (Å²) in [5.74, 6) is 1.70. The minimum absolute atomic E-state index is 0.309. The number of hydrogen-bond acceptors (Lipinski definition) is 3. The first-order valence-electron chi connectivity index (χ1n) is 5.38. The Morgan fingerprint density at radius 1 is 1.44 bits per heavy atom. The Labute approximate surface area is 93.6 Å². The van der Waals surface area contributed by atoms with Crippen molar-refractivity contribution in [3.63, 3.8) is 0 Å². The van der Waals surface area contributed by atoms with Crippen LogP contribution >= 0.6 is 0 Å². The van der Waals surface area contributed by atoms with Gasteiger partial charge in [-0.3, -0.25) is 0 Å². The third kappa shape index (κ3) is 1.20. The van der Waals surface area contributed by atoms with Crippen LogP contribution in [-0.2, 0) is 13.5 Å². The summed E-state index contributed by atoms with van der Waals surface area (Å²) in [4.78, 5) is 0. The van der Waals surface area contributed by atoms with E-state index in [0.29, 0.717) is 13.3 Å². The van der Waals surface area contributed by atoms with E-state index in [4.69, 9.17) is 15.2 Å². The monoisotopic (exact) mass is 218 g/mol. The van der Waals surface area contributed by atoms with Gasteiger partial charge < -0.3 is 19.8 Å². The highest BCUT2D eigenvalue weighted by molar-refractivity contribution is 5.88. The summed E-state index contributed by atoms with van der Waals surface area (Å²) in [7, 11) is 2.02. The van der Waals surface area contributed by atoms with Gasteiger partial charge in [0.25, 0.3) is 0 Å². The molecule has 16 heavy (non-hydrogen) atoms. The van der Waals surface area contributed by atoms with Crippen LogP contribution in [0, 0.1) is 0 Å². The van der Waals surface area contributed by atoms with Crippen LogP contribution in [0.3, 0.4) is 0 Å². The van der Waals surface area contributed by atoms with Crippen molar-refractivity contribution in [2.75, 3.05) is 13.3 Å². The number of hydrogen-bond donors (Lipinski definition) is 1. The summed E-state index contributed by atoms with van der Waals surface area (Å²) in [6.07, 6.45) is 2.85. The number of benzene rings is 1. The van der Waals surface area contributed by atoms with E-state index in [1.165, 1.54) is 5.39 Å². The van der Waals surface area contributed by atoms with E-state index in [9.17, 15) is 0 Å². The maximum Gasteiger partial charge on any atom is 0.231 e. The number of ether oxygens (including phenoxy) is 2. The van der Waals surface area contributed by atoms with E-state index >= 15 is 0 Å². The molecule has 1 aromatic carbocycles. The lowest BCUT2D eigenvalue weighted by atomic mass is 10.1. The molecule has 0 aliphatic carbocycles. The first-order valence-corrected chi connectivity index (χ1v) is 5.38. The second kappa shape index (κ2) is 3.42. The Hall–Kier alpha value is -1.68. The highest BCUT2D eigenvalue weighted by Crippen LogP contribution is 2.41. The fourth-order valence-electron chi connectivity index (χ4n) is 2.25. The van der Waals surface area contributed by atoms with Crippen molar-refractivity contribution in [3.8, 4) is 11.5 Å². The molecule has 0 unspecified atom stereocenters. The molecule has 4 heteroatoms. The van der Waals surface area contributed by atoms with E-state index in [-0.39, 0.29) is 0 Å². The Morgan fingerprint density at radius 3 is 3.12 bits per heavy atom. The van der Waals surface area contributed by atoms with Gasteiger partial charge in [-0.05, 0) is 19.0 Å². The third-order valence-electron chi connectivity index (χ3n) is 3.02. The Bertz CT molecular complexity index is 545. The van der Waals surface area contributed by atoms with Crippen LogP contribution in [0.2, 0.25) is 0 Å². The van der Waals surface area contributed by atoms with Gasteiger partial charge in [0.15, 0.2) is 11.5 Å². The van der Waals surface area contributed by atoms with Crippen LogP contribution in [0.15, 0.2) is 18.3 Å². The van der Waals surface area contributed by atoms with Gasteiger partial charge in [-0.25, -0.2) is 0 Å². The van der Waals surface area contributed by atoms with E-state index in [2.05, 4.69) is 10.6 Å². The molecular weight excluding hydrogens is 204 g/mol. The van der Waals surface area contributed by atoms with Gasteiger partial charge in [-0.15, -0.1) is 0 Å². The van der Waals surface area contributed by atoms with Crippen LogP contribution in [-0.4, -0.2) is 17.9 Å². The summed E-state index contributed by atoms with van der Waals surface area (Å²) in [6.45, 7) is 0.924. The summed E-state index contributed by atoms with van der Waals surface area (Å²) in [6, 6.07) is 4.12. The van der Waals surface area contributed by atoms with Crippen molar-refractivity contribution in [2.45, 2.75) is 6.42 Å².